The average molecular weight is 169 g/mol. The molecule has 0 unspecified atom stereocenters. The first-order valence-corrected chi connectivity index (χ1v) is 4.60. The number of hydrogen-bond acceptors (Lipinski definition) is 1. The molecule has 12 heavy (non-hydrogen) atoms. The topological polar surface area (TPSA) is 3.24 Å². The summed E-state index contributed by atoms with van der Waals surface area (Å²) < 4.78 is 0. The van der Waals surface area contributed by atoms with Crippen molar-refractivity contribution in [2.45, 2.75) is 26.7 Å². The van der Waals surface area contributed by atoms with Gasteiger partial charge in [0, 0.05) is 20.2 Å². The fraction of sp³-hybridized carbons (Fsp3) is 0.636. The van der Waals surface area contributed by atoms with E-state index in [1.54, 1.807) is 0 Å². The predicted octanol–water partition coefficient (Wildman–Crippen LogP) is 3.30. The molecule has 1 heteroatoms. The maximum Gasteiger partial charge on any atom is 0.0177 e. The summed E-state index contributed by atoms with van der Waals surface area (Å²) in [6.45, 7) is 16.8. The molecule has 1 aliphatic rings. The van der Waals surface area contributed by atoms with Crippen LogP contribution < -0.4 is 0 Å². The summed E-state index contributed by atoms with van der Waals surface area (Å²) in [7, 11) is 0. The molecule has 1 rings (SSSR count). The normalized spacial score (nSPS) is 18.0. The number of nitrogens with zero attached hydrogens (tertiary/aromatic N) is 1. The largest absolute Gasteiger partial charge is 0.376 e. The second-order valence-electron chi connectivity index (χ2n) is 3.40. The van der Waals surface area contributed by atoms with Gasteiger partial charge in [-0.15, -0.1) is 13.2 Å². The Balaban J connectivity index is 0. The highest BCUT2D eigenvalue weighted by Gasteiger charge is 2.13. The van der Waals surface area contributed by atoms with E-state index in [2.05, 4.69) is 38.5 Å². The number of allylic oxidation sites excluding steroid dienone is 1. The molecule has 0 bridgehead atoms. The Morgan fingerprint density at radius 3 is 2.08 bits per heavy atom. The summed E-state index contributed by atoms with van der Waals surface area (Å²) in [5, 5.41) is 0. The van der Waals surface area contributed by atoms with Crippen LogP contribution in [0.4, 0.5) is 0 Å². The lowest BCUT2D eigenvalue weighted by Gasteiger charge is -2.32. The van der Waals surface area contributed by atoms with Crippen LogP contribution in [0.15, 0.2) is 25.4 Å². The first kappa shape index (κ1) is 11.3. The Kier molecular flexibility index (Phi) is 5.52. The van der Waals surface area contributed by atoms with Crippen LogP contribution in [0.5, 0.6) is 0 Å². The molecule has 0 radical (unpaired) electrons. The van der Waals surface area contributed by atoms with E-state index < -0.39 is 0 Å². The molecule has 1 aliphatic heterocycles. The van der Waals surface area contributed by atoms with E-state index in [-0.39, 0.29) is 1.43 Å². The van der Waals surface area contributed by atoms with E-state index in [4.69, 9.17) is 0 Å². The van der Waals surface area contributed by atoms with Crippen LogP contribution in [0.2, 0.25) is 0 Å². The van der Waals surface area contributed by atoms with E-state index in [1.165, 1.54) is 31.6 Å². The van der Waals surface area contributed by atoms with Gasteiger partial charge in [0.15, 0.2) is 0 Å². The summed E-state index contributed by atoms with van der Waals surface area (Å²) in [6.07, 6.45) is 2.68. The Hall–Kier alpha value is -0.720. The van der Waals surface area contributed by atoms with Crippen LogP contribution in [0.3, 0.4) is 0 Å². The molecule has 1 saturated heterocycles. The number of hydrogen-bond donors (Lipinski definition) is 0. The zero-order valence-electron chi connectivity index (χ0n) is 8.47. The van der Waals surface area contributed by atoms with Gasteiger partial charge < -0.3 is 4.90 Å². The van der Waals surface area contributed by atoms with Crippen LogP contribution in [0.1, 0.15) is 28.1 Å². The van der Waals surface area contributed by atoms with Gasteiger partial charge in [0.1, 0.15) is 0 Å². The molecule has 1 nitrogen and oxygen atoms in total. The fourth-order valence-electron chi connectivity index (χ4n) is 1.39. The first-order valence-electron chi connectivity index (χ1n) is 4.60. The van der Waals surface area contributed by atoms with Crippen molar-refractivity contribution in [3.05, 3.63) is 25.4 Å². The van der Waals surface area contributed by atoms with E-state index in [0.717, 1.165) is 5.92 Å². The Bertz CT molecular complexity index is 137. The highest BCUT2D eigenvalue weighted by molar-refractivity contribution is 4.90. The summed E-state index contributed by atoms with van der Waals surface area (Å²) in [5.74, 6) is 0.926. The van der Waals surface area contributed by atoms with E-state index in [1.807, 2.05) is 0 Å². The van der Waals surface area contributed by atoms with Crippen LogP contribution in [0, 0.1) is 5.92 Å². The summed E-state index contributed by atoms with van der Waals surface area (Å²) >= 11 is 0. The summed E-state index contributed by atoms with van der Waals surface area (Å²) in [4.78, 5) is 2.38. The molecule has 0 aromatic heterocycles. The van der Waals surface area contributed by atoms with Crippen molar-refractivity contribution in [1.29, 1.82) is 0 Å². The monoisotopic (exact) mass is 169 g/mol. The van der Waals surface area contributed by atoms with E-state index in [9.17, 15) is 0 Å². The molecule has 1 heterocycles. The molecule has 0 spiro atoms. The van der Waals surface area contributed by atoms with Gasteiger partial charge in [0.2, 0.25) is 0 Å². The Morgan fingerprint density at radius 1 is 1.33 bits per heavy atom. The number of piperidine rings is 1. The highest BCUT2D eigenvalue weighted by atomic mass is 15.1. The third kappa shape index (κ3) is 3.61. The maximum atomic E-state index is 3.93. The molecule has 0 atom stereocenters. The van der Waals surface area contributed by atoms with E-state index in [0.29, 0.717) is 0 Å². The molecular formula is C11H23N. The molecule has 0 N–H and O–H groups in total. The number of likely N-dealkylation sites (tertiary alicyclic amines) is 1. The lowest BCUT2D eigenvalue weighted by molar-refractivity contribution is 0.238. The SMILES string of the molecule is C=C.C=C(C)N1CCC(C)CC1.[HH]. The zero-order valence-corrected chi connectivity index (χ0v) is 8.47. The van der Waals surface area contributed by atoms with Crippen molar-refractivity contribution >= 4 is 0 Å². The van der Waals surface area contributed by atoms with Gasteiger partial charge in [0.05, 0.1) is 0 Å². The van der Waals surface area contributed by atoms with Gasteiger partial charge in [-0.05, 0) is 25.7 Å². The van der Waals surface area contributed by atoms with Crippen LogP contribution in [-0.2, 0) is 0 Å². The minimum absolute atomic E-state index is 0. The van der Waals surface area contributed by atoms with Gasteiger partial charge in [-0.1, -0.05) is 13.5 Å². The smallest absolute Gasteiger partial charge is 0.0177 e. The Labute approximate surface area is 78.3 Å². The van der Waals surface area contributed by atoms with Gasteiger partial charge in [-0.3, -0.25) is 0 Å². The maximum absolute atomic E-state index is 3.93. The van der Waals surface area contributed by atoms with Crippen LogP contribution in [0.25, 0.3) is 0 Å². The van der Waals surface area contributed by atoms with Gasteiger partial charge >= 0.3 is 0 Å². The average Bonchev–Trinajstić information content (AvgIpc) is 2.09. The van der Waals surface area contributed by atoms with Gasteiger partial charge in [-0.25, -0.2) is 0 Å². The minimum atomic E-state index is 0. The van der Waals surface area contributed by atoms with Crippen molar-refractivity contribution in [3.63, 3.8) is 0 Å². The van der Waals surface area contributed by atoms with Crippen LogP contribution in [-0.4, -0.2) is 18.0 Å². The second kappa shape index (κ2) is 5.87. The van der Waals surface area contributed by atoms with Crippen LogP contribution >= 0.6 is 0 Å². The lowest BCUT2D eigenvalue weighted by atomic mass is 9.99. The van der Waals surface area contributed by atoms with E-state index >= 15 is 0 Å². The number of rotatable bonds is 1. The highest BCUT2D eigenvalue weighted by Crippen LogP contribution is 2.18. The summed E-state index contributed by atoms with van der Waals surface area (Å²) in [5.41, 5.74) is 1.23. The van der Waals surface area contributed by atoms with Crippen molar-refractivity contribution in [2.75, 3.05) is 13.1 Å². The van der Waals surface area contributed by atoms with Crippen molar-refractivity contribution < 1.29 is 1.43 Å². The first-order chi connectivity index (χ1) is 5.70. The molecule has 0 amide bonds. The molecule has 0 aromatic rings. The molecule has 1 fully saturated rings. The minimum Gasteiger partial charge on any atom is -0.376 e. The molecule has 72 valence electrons. The van der Waals surface area contributed by atoms with Crippen molar-refractivity contribution in [2.24, 2.45) is 5.92 Å². The second-order valence-corrected chi connectivity index (χ2v) is 3.40. The quantitative estimate of drug-likeness (QED) is 0.544. The Morgan fingerprint density at radius 2 is 1.75 bits per heavy atom. The fourth-order valence-corrected chi connectivity index (χ4v) is 1.39. The lowest BCUT2D eigenvalue weighted by Crippen LogP contribution is -2.30. The molecule has 0 saturated carbocycles. The molecule has 0 aliphatic carbocycles. The third-order valence-electron chi connectivity index (χ3n) is 2.32. The van der Waals surface area contributed by atoms with Crippen molar-refractivity contribution in [3.8, 4) is 0 Å². The molecular weight excluding hydrogens is 146 g/mol. The zero-order chi connectivity index (χ0) is 9.56. The predicted molar refractivity (Wildman–Crippen MR) is 58.2 cm³/mol. The van der Waals surface area contributed by atoms with Gasteiger partial charge in [0.25, 0.3) is 0 Å². The standard InChI is InChI=1S/C9H17N.C2H4.H2/c1-8(2)10-6-4-9(3)5-7-10;1-2;/h9H,1,4-7H2,2-3H3;1-2H2;1H. The molecule has 0 aromatic carbocycles. The van der Waals surface area contributed by atoms with Crippen molar-refractivity contribution in [1.82, 2.24) is 4.90 Å². The summed E-state index contributed by atoms with van der Waals surface area (Å²) in [6, 6.07) is 0. The van der Waals surface area contributed by atoms with Gasteiger partial charge in [-0.2, -0.15) is 0 Å². The third-order valence-corrected chi connectivity index (χ3v) is 2.32.